The van der Waals surface area contributed by atoms with Gasteiger partial charge in [-0.1, -0.05) is 0 Å². The van der Waals surface area contributed by atoms with Crippen molar-refractivity contribution in [1.29, 1.82) is 0 Å². The van der Waals surface area contributed by atoms with E-state index in [1.165, 1.54) is 13.8 Å². The lowest BCUT2D eigenvalue weighted by Gasteiger charge is -2.40. The van der Waals surface area contributed by atoms with Crippen LogP contribution in [0.2, 0.25) is 0 Å². The topological polar surface area (TPSA) is 125 Å². The van der Waals surface area contributed by atoms with Crippen LogP contribution in [0.4, 0.5) is 0 Å². The Morgan fingerprint density at radius 1 is 1.22 bits per heavy atom. The summed E-state index contributed by atoms with van der Waals surface area (Å²) >= 11 is 0. The number of esters is 1. The smallest absolute Gasteiger partial charge is 0.302 e. The second kappa shape index (κ2) is 6.10. The van der Waals surface area contributed by atoms with Crippen LogP contribution in [-0.4, -0.2) is 64.4 Å². The summed E-state index contributed by atoms with van der Waals surface area (Å²) in [6.07, 6.45) is -5.35. The normalized spacial score (nSPS) is 35.9. The number of hydrogen-bond donors (Lipinski definition) is 4. The number of ether oxygens (including phenoxy) is 2. The molecule has 0 bridgehead atoms. The standard InChI is InChI=1S/C10H17NO7/c1-4(12)11-7-9(15)8(14)6(18-10(7)16)3-17-5(2)13/h6-10,14-16H,3H2,1-2H3,(H,11,12)/t6-,7+,8+,9+,10+/m0/s1. The summed E-state index contributed by atoms with van der Waals surface area (Å²) in [6.45, 7) is 2.09. The Bertz CT molecular complexity index is 319. The van der Waals surface area contributed by atoms with E-state index in [2.05, 4.69) is 10.1 Å². The molecule has 0 unspecified atom stereocenters. The van der Waals surface area contributed by atoms with Gasteiger partial charge in [0.25, 0.3) is 0 Å². The first kappa shape index (κ1) is 14.8. The molecule has 0 aromatic heterocycles. The van der Waals surface area contributed by atoms with Gasteiger partial charge in [0.2, 0.25) is 5.91 Å². The average Bonchev–Trinajstić information content (AvgIpc) is 2.27. The first-order valence-electron chi connectivity index (χ1n) is 5.43. The van der Waals surface area contributed by atoms with E-state index in [4.69, 9.17) is 4.74 Å². The molecule has 0 spiro atoms. The molecule has 1 amide bonds. The molecule has 1 fully saturated rings. The summed E-state index contributed by atoms with van der Waals surface area (Å²) in [7, 11) is 0. The zero-order chi connectivity index (χ0) is 13.9. The monoisotopic (exact) mass is 263 g/mol. The molecule has 104 valence electrons. The minimum absolute atomic E-state index is 0.294. The fraction of sp³-hybridized carbons (Fsp3) is 0.800. The highest BCUT2D eigenvalue weighted by atomic mass is 16.6. The van der Waals surface area contributed by atoms with E-state index in [-0.39, 0.29) is 6.61 Å². The molecule has 1 rings (SSSR count). The highest BCUT2D eigenvalue weighted by molar-refractivity contribution is 5.73. The van der Waals surface area contributed by atoms with Gasteiger partial charge in [-0.2, -0.15) is 0 Å². The molecular weight excluding hydrogens is 246 g/mol. The maximum Gasteiger partial charge on any atom is 0.302 e. The first-order chi connectivity index (χ1) is 8.32. The Kier molecular flexibility index (Phi) is 5.03. The van der Waals surface area contributed by atoms with Crippen LogP contribution in [0, 0.1) is 0 Å². The van der Waals surface area contributed by atoms with Crippen molar-refractivity contribution < 1.29 is 34.4 Å². The highest BCUT2D eigenvalue weighted by Gasteiger charge is 2.44. The predicted molar refractivity (Wildman–Crippen MR) is 57.1 cm³/mol. The Morgan fingerprint density at radius 2 is 1.83 bits per heavy atom. The van der Waals surface area contributed by atoms with Crippen LogP contribution in [0.1, 0.15) is 13.8 Å². The summed E-state index contributed by atoms with van der Waals surface area (Å²) in [5.74, 6) is -1.05. The van der Waals surface area contributed by atoms with Crippen molar-refractivity contribution in [3.05, 3.63) is 0 Å². The Morgan fingerprint density at radius 3 is 2.33 bits per heavy atom. The van der Waals surface area contributed by atoms with Crippen molar-refractivity contribution in [2.24, 2.45) is 0 Å². The molecule has 4 N–H and O–H groups in total. The molecule has 8 heteroatoms. The van der Waals surface area contributed by atoms with Gasteiger partial charge in [-0.25, -0.2) is 0 Å². The third-order valence-corrected chi connectivity index (χ3v) is 2.54. The van der Waals surface area contributed by atoms with Crippen LogP contribution in [0.15, 0.2) is 0 Å². The summed E-state index contributed by atoms with van der Waals surface area (Å²) in [6, 6.07) is -1.13. The van der Waals surface area contributed by atoms with Gasteiger partial charge in [0.15, 0.2) is 6.29 Å². The second-order valence-electron chi connectivity index (χ2n) is 4.08. The van der Waals surface area contributed by atoms with Gasteiger partial charge in [0.1, 0.15) is 31.0 Å². The molecule has 5 atom stereocenters. The van der Waals surface area contributed by atoms with Gasteiger partial charge in [-0.05, 0) is 0 Å². The van der Waals surface area contributed by atoms with E-state index in [0.717, 1.165) is 0 Å². The van der Waals surface area contributed by atoms with Gasteiger partial charge >= 0.3 is 5.97 Å². The van der Waals surface area contributed by atoms with Crippen molar-refractivity contribution in [3.8, 4) is 0 Å². The lowest BCUT2D eigenvalue weighted by Crippen LogP contribution is -2.64. The largest absolute Gasteiger partial charge is 0.463 e. The summed E-state index contributed by atoms with van der Waals surface area (Å²) in [4.78, 5) is 21.5. The number of rotatable bonds is 3. The third-order valence-electron chi connectivity index (χ3n) is 2.54. The van der Waals surface area contributed by atoms with Crippen LogP contribution in [0.25, 0.3) is 0 Å². The predicted octanol–water partition coefficient (Wildman–Crippen LogP) is -2.51. The van der Waals surface area contributed by atoms with Crippen LogP contribution in [0.5, 0.6) is 0 Å². The van der Waals surface area contributed by atoms with Crippen LogP contribution < -0.4 is 5.32 Å². The fourth-order valence-corrected chi connectivity index (χ4v) is 1.67. The Labute approximate surface area is 104 Å². The number of nitrogens with one attached hydrogen (secondary N) is 1. The van der Waals surface area contributed by atoms with Crippen LogP contribution in [-0.2, 0) is 19.1 Å². The SMILES string of the molecule is CC(=O)N[C@@H]1[C@@H](O)[C@H](O)[C@H](COC(C)=O)O[C@H]1O. The van der Waals surface area contributed by atoms with Gasteiger partial charge in [0.05, 0.1) is 0 Å². The maximum absolute atomic E-state index is 10.9. The lowest BCUT2D eigenvalue weighted by molar-refractivity contribution is -0.255. The van der Waals surface area contributed by atoms with E-state index >= 15 is 0 Å². The molecule has 1 aliphatic rings. The molecule has 0 aromatic carbocycles. The molecule has 0 aliphatic carbocycles. The molecule has 0 saturated carbocycles. The van der Waals surface area contributed by atoms with Gasteiger partial charge in [-0.15, -0.1) is 0 Å². The van der Waals surface area contributed by atoms with Gasteiger partial charge in [-0.3, -0.25) is 9.59 Å². The van der Waals surface area contributed by atoms with Gasteiger partial charge < -0.3 is 30.1 Å². The quantitative estimate of drug-likeness (QED) is 0.414. The maximum atomic E-state index is 10.9. The Balaban J connectivity index is 2.64. The molecule has 1 aliphatic heterocycles. The summed E-state index contributed by atoms with van der Waals surface area (Å²) < 4.78 is 9.62. The van der Waals surface area contributed by atoms with Crippen molar-refractivity contribution in [2.75, 3.05) is 6.61 Å². The third kappa shape index (κ3) is 3.64. The van der Waals surface area contributed by atoms with E-state index in [9.17, 15) is 24.9 Å². The zero-order valence-electron chi connectivity index (χ0n) is 10.1. The van der Waals surface area contributed by atoms with E-state index in [1.807, 2.05) is 0 Å². The van der Waals surface area contributed by atoms with E-state index < -0.39 is 42.5 Å². The molecule has 1 saturated heterocycles. The minimum atomic E-state index is -1.49. The van der Waals surface area contributed by atoms with Crippen molar-refractivity contribution in [3.63, 3.8) is 0 Å². The van der Waals surface area contributed by atoms with Gasteiger partial charge in [0, 0.05) is 13.8 Å². The Hall–Kier alpha value is -1.22. The minimum Gasteiger partial charge on any atom is -0.463 e. The van der Waals surface area contributed by atoms with Crippen molar-refractivity contribution in [2.45, 2.75) is 44.5 Å². The molecule has 0 aromatic rings. The van der Waals surface area contributed by atoms with E-state index in [0.29, 0.717) is 0 Å². The lowest BCUT2D eigenvalue weighted by atomic mass is 9.97. The fourth-order valence-electron chi connectivity index (χ4n) is 1.67. The molecule has 0 radical (unpaired) electrons. The van der Waals surface area contributed by atoms with E-state index in [1.54, 1.807) is 0 Å². The van der Waals surface area contributed by atoms with Crippen molar-refractivity contribution >= 4 is 11.9 Å². The number of carbonyl (C=O) groups excluding carboxylic acids is 2. The number of amides is 1. The molecular formula is C10H17NO7. The molecule has 1 heterocycles. The second-order valence-corrected chi connectivity index (χ2v) is 4.08. The molecule has 8 nitrogen and oxygen atoms in total. The number of aliphatic hydroxyl groups is 3. The zero-order valence-corrected chi connectivity index (χ0v) is 10.1. The molecule has 18 heavy (non-hydrogen) atoms. The number of aliphatic hydroxyl groups excluding tert-OH is 3. The number of hydrogen-bond acceptors (Lipinski definition) is 7. The summed E-state index contributed by atoms with van der Waals surface area (Å²) in [5, 5.41) is 31.3. The van der Waals surface area contributed by atoms with Crippen LogP contribution >= 0.6 is 0 Å². The average molecular weight is 263 g/mol. The number of carbonyl (C=O) groups is 2. The van der Waals surface area contributed by atoms with Crippen LogP contribution in [0.3, 0.4) is 0 Å². The highest BCUT2D eigenvalue weighted by Crippen LogP contribution is 2.20. The first-order valence-corrected chi connectivity index (χ1v) is 5.43. The van der Waals surface area contributed by atoms with Crippen molar-refractivity contribution in [1.82, 2.24) is 5.32 Å². The summed E-state index contributed by atoms with van der Waals surface area (Å²) in [5.41, 5.74) is 0.